The molecule has 114 valence electrons. The van der Waals surface area contributed by atoms with Gasteiger partial charge in [0.2, 0.25) is 0 Å². The standard InChI is InChI=1S/C14H11Cl2N3O3/c1-8(9-3-2-4-10(7-9)19(21)22)17-14(20)13-11(15)5-6-12(16)18-13/h2-8H,1H3,(H,17,20)/t8-/m1/s1. The van der Waals surface area contributed by atoms with Gasteiger partial charge in [0.25, 0.3) is 11.6 Å². The van der Waals surface area contributed by atoms with E-state index in [1.165, 1.54) is 24.3 Å². The Balaban J connectivity index is 2.19. The van der Waals surface area contributed by atoms with Gasteiger partial charge in [0.15, 0.2) is 0 Å². The van der Waals surface area contributed by atoms with Gasteiger partial charge in [-0.3, -0.25) is 14.9 Å². The lowest BCUT2D eigenvalue weighted by atomic mass is 10.1. The maximum absolute atomic E-state index is 12.2. The molecule has 0 aliphatic rings. The molecule has 1 amide bonds. The molecule has 0 unspecified atom stereocenters. The summed E-state index contributed by atoms with van der Waals surface area (Å²) >= 11 is 11.7. The number of nitro benzene ring substituents is 1. The van der Waals surface area contributed by atoms with Crippen LogP contribution >= 0.6 is 23.2 Å². The van der Waals surface area contributed by atoms with E-state index in [1.54, 1.807) is 19.1 Å². The molecule has 22 heavy (non-hydrogen) atoms. The fraction of sp³-hybridized carbons (Fsp3) is 0.143. The average Bonchev–Trinajstić information content (AvgIpc) is 2.49. The summed E-state index contributed by atoms with van der Waals surface area (Å²) < 4.78 is 0. The van der Waals surface area contributed by atoms with Gasteiger partial charge in [-0.25, -0.2) is 4.98 Å². The molecule has 0 aliphatic carbocycles. The summed E-state index contributed by atoms with van der Waals surface area (Å²) in [5, 5.41) is 13.8. The summed E-state index contributed by atoms with van der Waals surface area (Å²) in [6.45, 7) is 1.70. The summed E-state index contributed by atoms with van der Waals surface area (Å²) in [5.74, 6) is -0.508. The van der Waals surface area contributed by atoms with Crippen molar-refractivity contribution in [2.24, 2.45) is 0 Å². The number of aromatic nitrogens is 1. The lowest BCUT2D eigenvalue weighted by Gasteiger charge is -2.14. The fourth-order valence-electron chi connectivity index (χ4n) is 1.83. The Morgan fingerprint density at radius 3 is 2.73 bits per heavy atom. The van der Waals surface area contributed by atoms with E-state index in [4.69, 9.17) is 23.2 Å². The van der Waals surface area contributed by atoms with Gasteiger partial charge in [0, 0.05) is 12.1 Å². The van der Waals surface area contributed by atoms with Gasteiger partial charge >= 0.3 is 0 Å². The Kier molecular flexibility index (Phi) is 4.95. The summed E-state index contributed by atoms with van der Waals surface area (Å²) in [5.41, 5.74) is 0.560. The Morgan fingerprint density at radius 1 is 1.32 bits per heavy atom. The smallest absolute Gasteiger partial charge is 0.271 e. The van der Waals surface area contributed by atoms with Crippen LogP contribution < -0.4 is 5.32 Å². The molecule has 2 rings (SSSR count). The molecule has 1 heterocycles. The monoisotopic (exact) mass is 339 g/mol. The van der Waals surface area contributed by atoms with E-state index >= 15 is 0 Å². The number of halogens is 2. The van der Waals surface area contributed by atoms with Crippen molar-refractivity contribution in [2.45, 2.75) is 13.0 Å². The van der Waals surface area contributed by atoms with Gasteiger partial charge < -0.3 is 5.32 Å². The number of carbonyl (C=O) groups is 1. The van der Waals surface area contributed by atoms with E-state index in [9.17, 15) is 14.9 Å². The number of nitro groups is 1. The highest BCUT2D eigenvalue weighted by Gasteiger charge is 2.17. The van der Waals surface area contributed by atoms with Gasteiger partial charge in [-0.05, 0) is 24.6 Å². The molecule has 0 aliphatic heterocycles. The van der Waals surface area contributed by atoms with Crippen LogP contribution in [-0.2, 0) is 0 Å². The van der Waals surface area contributed by atoms with Crippen LogP contribution in [0.25, 0.3) is 0 Å². The molecule has 1 atom stereocenters. The molecule has 0 saturated carbocycles. The van der Waals surface area contributed by atoms with Crippen molar-refractivity contribution in [3.63, 3.8) is 0 Å². The van der Waals surface area contributed by atoms with E-state index in [0.29, 0.717) is 5.56 Å². The van der Waals surface area contributed by atoms with Gasteiger partial charge in [0.05, 0.1) is 16.0 Å². The molecular formula is C14H11Cl2N3O3. The molecule has 1 aromatic carbocycles. The van der Waals surface area contributed by atoms with Gasteiger partial charge in [-0.2, -0.15) is 0 Å². The van der Waals surface area contributed by atoms with Crippen LogP contribution in [0.3, 0.4) is 0 Å². The zero-order valence-electron chi connectivity index (χ0n) is 11.4. The predicted molar refractivity (Wildman–Crippen MR) is 83.2 cm³/mol. The quantitative estimate of drug-likeness (QED) is 0.521. The van der Waals surface area contributed by atoms with Crippen LogP contribution in [-0.4, -0.2) is 15.8 Å². The molecule has 6 nitrogen and oxygen atoms in total. The minimum Gasteiger partial charge on any atom is -0.344 e. The van der Waals surface area contributed by atoms with Crippen molar-refractivity contribution >= 4 is 34.8 Å². The van der Waals surface area contributed by atoms with Crippen LogP contribution in [0, 0.1) is 10.1 Å². The third-order valence-electron chi connectivity index (χ3n) is 2.96. The van der Waals surface area contributed by atoms with E-state index in [0.717, 1.165) is 0 Å². The molecule has 0 saturated heterocycles. The lowest BCUT2D eigenvalue weighted by molar-refractivity contribution is -0.384. The first kappa shape index (κ1) is 16.2. The highest BCUT2D eigenvalue weighted by atomic mass is 35.5. The Morgan fingerprint density at radius 2 is 2.05 bits per heavy atom. The van der Waals surface area contributed by atoms with Crippen molar-refractivity contribution in [3.8, 4) is 0 Å². The predicted octanol–water partition coefficient (Wildman–Crippen LogP) is 3.79. The molecule has 0 bridgehead atoms. The number of rotatable bonds is 4. The number of nitrogens with one attached hydrogen (secondary N) is 1. The molecular weight excluding hydrogens is 329 g/mol. The zero-order chi connectivity index (χ0) is 16.3. The normalized spacial score (nSPS) is 11.8. The second kappa shape index (κ2) is 6.72. The van der Waals surface area contributed by atoms with Crippen LogP contribution in [0.2, 0.25) is 10.2 Å². The van der Waals surface area contributed by atoms with Crippen LogP contribution in [0.5, 0.6) is 0 Å². The highest BCUT2D eigenvalue weighted by molar-refractivity contribution is 6.34. The average molecular weight is 340 g/mol. The van der Waals surface area contributed by atoms with E-state index in [-0.39, 0.29) is 21.6 Å². The summed E-state index contributed by atoms with van der Waals surface area (Å²) in [4.78, 5) is 26.3. The number of hydrogen-bond donors (Lipinski definition) is 1. The molecule has 2 aromatic rings. The summed E-state index contributed by atoms with van der Waals surface area (Å²) in [7, 11) is 0. The van der Waals surface area contributed by atoms with Crippen molar-refractivity contribution in [1.29, 1.82) is 0 Å². The van der Waals surface area contributed by atoms with Gasteiger partial charge in [-0.1, -0.05) is 35.3 Å². The summed E-state index contributed by atoms with van der Waals surface area (Å²) in [6, 6.07) is 8.52. The Labute approximate surface area is 136 Å². The zero-order valence-corrected chi connectivity index (χ0v) is 12.9. The number of benzene rings is 1. The van der Waals surface area contributed by atoms with Crippen molar-refractivity contribution < 1.29 is 9.72 Å². The van der Waals surface area contributed by atoms with Gasteiger partial charge in [-0.15, -0.1) is 0 Å². The molecule has 0 fully saturated rings. The molecule has 0 radical (unpaired) electrons. The number of amides is 1. The van der Waals surface area contributed by atoms with E-state index in [2.05, 4.69) is 10.3 Å². The Hall–Kier alpha value is -2.18. The lowest BCUT2D eigenvalue weighted by Crippen LogP contribution is -2.27. The topological polar surface area (TPSA) is 85.1 Å². The third-order valence-corrected chi connectivity index (χ3v) is 3.47. The maximum Gasteiger partial charge on any atom is 0.271 e. The van der Waals surface area contributed by atoms with Crippen molar-refractivity contribution in [3.05, 3.63) is 67.9 Å². The molecule has 8 heteroatoms. The van der Waals surface area contributed by atoms with Crippen LogP contribution in [0.4, 0.5) is 5.69 Å². The minimum atomic E-state index is -0.508. The third kappa shape index (κ3) is 3.72. The number of non-ortho nitro benzene ring substituents is 1. The maximum atomic E-state index is 12.2. The second-order valence-electron chi connectivity index (χ2n) is 4.51. The second-order valence-corrected chi connectivity index (χ2v) is 5.31. The first-order valence-corrected chi connectivity index (χ1v) is 7.01. The number of hydrogen-bond acceptors (Lipinski definition) is 4. The first-order valence-electron chi connectivity index (χ1n) is 6.25. The van der Waals surface area contributed by atoms with Gasteiger partial charge in [0.1, 0.15) is 10.8 Å². The van der Waals surface area contributed by atoms with Crippen molar-refractivity contribution in [2.75, 3.05) is 0 Å². The number of carbonyl (C=O) groups excluding carboxylic acids is 1. The fourth-order valence-corrected chi connectivity index (χ4v) is 2.17. The molecule has 1 N–H and O–H groups in total. The SMILES string of the molecule is C[C@@H](NC(=O)c1nc(Cl)ccc1Cl)c1cccc([N+](=O)[O-])c1. The Bertz CT molecular complexity index is 737. The largest absolute Gasteiger partial charge is 0.344 e. The molecule has 0 spiro atoms. The van der Waals surface area contributed by atoms with E-state index < -0.39 is 16.9 Å². The number of nitrogens with zero attached hydrogens (tertiary/aromatic N) is 2. The minimum absolute atomic E-state index is 0.00597. The van der Waals surface area contributed by atoms with Crippen molar-refractivity contribution in [1.82, 2.24) is 10.3 Å². The summed E-state index contributed by atoms with van der Waals surface area (Å²) in [6.07, 6.45) is 0. The first-order chi connectivity index (χ1) is 10.4. The number of pyridine rings is 1. The highest BCUT2D eigenvalue weighted by Crippen LogP contribution is 2.21. The molecule has 1 aromatic heterocycles. The van der Waals surface area contributed by atoms with E-state index in [1.807, 2.05) is 0 Å². The van der Waals surface area contributed by atoms with Crippen LogP contribution in [0.15, 0.2) is 36.4 Å². The van der Waals surface area contributed by atoms with Crippen LogP contribution in [0.1, 0.15) is 29.0 Å².